The highest BCUT2D eigenvalue weighted by Gasteiger charge is 2.07. The Labute approximate surface area is 86.7 Å². The smallest absolute Gasteiger partial charge is 0.277 e. The van der Waals surface area contributed by atoms with Crippen LogP contribution < -0.4 is 5.48 Å². The monoisotopic (exact) mass is 220 g/mol. The molecule has 0 aliphatic heterocycles. The minimum Gasteiger partial charge on any atom is -0.277 e. The van der Waals surface area contributed by atoms with Crippen LogP contribution in [0.5, 0.6) is 0 Å². The second kappa shape index (κ2) is 6.88. The molecule has 0 unspecified atom stereocenters. The zero-order valence-corrected chi connectivity index (χ0v) is 9.41. The number of hydroxylamine groups is 1. The molecule has 13 heavy (non-hydrogen) atoms. The van der Waals surface area contributed by atoms with E-state index in [1.807, 2.05) is 6.92 Å². The van der Waals surface area contributed by atoms with Gasteiger partial charge >= 0.3 is 0 Å². The van der Waals surface area contributed by atoms with Crippen molar-refractivity contribution < 1.29 is 9.63 Å². The molecule has 0 aromatic carbocycles. The third-order valence-corrected chi connectivity index (χ3v) is 1.82. The third-order valence-electron chi connectivity index (χ3n) is 1.05. The van der Waals surface area contributed by atoms with Crippen molar-refractivity contribution in [2.45, 2.75) is 6.92 Å². The van der Waals surface area contributed by atoms with Crippen LogP contribution in [0.3, 0.4) is 0 Å². The molecule has 0 aliphatic carbocycles. The van der Waals surface area contributed by atoms with Gasteiger partial charge < -0.3 is 0 Å². The van der Waals surface area contributed by atoms with Gasteiger partial charge in [-0.05, 0) is 13.2 Å². The van der Waals surface area contributed by atoms with E-state index in [4.69, 9.17) is 0 Å². The first-order valence-electron chi connectivity index (χ1n) is 3.44. The standard InChI is InChI=1S/C6H8N2O2S.CH4S/c1-4-7-5(3-11-4)6(9)8-10-2;1-2/h3H,1-2H3,(H,8,9);2H,1H3. The van der Waals surface area contributed by atoms with Crippen LogP contribution in [0.2, 0.25) is 0 Å². The van der Waals surface area contributed by atoms with Gasteiger partial charge in [-0.3, -0.25) is 9.63 Å². The summed E-state index contributed by atoms with van der Waals surface area (Å²) in [5.41, 5.74) is 2.58. The maximum Gasteiger partial charge on any atom is 0.294 e. The Morgan fingerprint density at radius 3 is 2.69 bits per heavy atom. The second-order valence-corrected chi connectivity index (χ2v) is 2.95. The van der Waals surface area contributed by atoms with Crippen molar-refractivity contribution in [1.29, 1.82) is 0 Å². The summed E-state index contributed by atoms with van der Waals surface area (Å²) in [4.78, 5) is 19.4. The van der Waals surface area contributed by atoms with Gasteiger partial charge in [0, 0.05) is 5.38 Å². The van der Waals surface area contributed by atoms with Gasteiger partial charge in [-0.25, -0.2) is 10.5 Å². The zero-order chi connectivity index (χ0) is 10.3. The fourth-order valence-electron chi connectivity index (χ4n) is 0.613. The Balaban J connectivity index is 0.000000671. The molecule has 1 aromatic rings. The number of aromatic nitrogens is 1. The van der Waals surface area contributed by atoms with Gasteiger partial charge in [0.2, 0.25) is 0 Å². The third kappa shape index (κ3) is 4.25. The van der Waals surface area contributed by atoms with E-state index in [9.17, 15) is 4.79 Å². The topological polar surface area (TPSA) is 51.2 Å². The largest absolute Gasteiger partial charge is 0.294 e. The van der Waals surface area contributed by atoms with E-state index in [1.165, 1.54) is 18.4 Å². The highest BCUT2D eigenvalue weighted by molar-refractivity contribution is 7.79. The molecule has 1 N–H and O–H groups in total. The Kier molecular flexibility index (Phi) is 6.56. The Bertz CT molecular complexity index is 263. The molecule has 74 valence electrons. The van der Waals surface area contributed by atoms with Crippen LogP contribution in [-0.2, 0) is 4.84 Å². The van der Waals surface area contributed by atoms with E-state index in [1.54, 1.807) is 11.6 Å². The summed E-state index contributed by atoms with van der Waals surface area (Å²) in [5, 5.41) is 2.55. The molecule has 0 aliphatic rings. The average molecular weight is 220 g/mol. The van der Waals surface area contributed by atoms with Crippen molar-refractivity contribution in [3.8, 4) is 0 Å². The van der Waals surface area contributed by atoms with E-state index < -0.39 is 0 Å². The normalized spacial score (nSPS) is 8.62. The molecule has 0 saturated carbocycles. The number of nitrogens with zero attached hydrogens (tertiary/aromatic N) is 1. The van der Waals surface area contributed by atoms with Crippen LogP contribution in [0, 0.1) is 6.92 Å². The molecule has 6 heteroatoms. The van der Waals surface area contributed by atoms with Gasteiger partial charge in [-0.2, -0.15) is 12.6 Å². The molecule has 0 saturated heterocycles. The SMILES string of the molecule is CONC(=O)c1csc(C)n1.CS. The first kappa shape index (κ1) is 12.4. The van der Waals surface area contributed by atoms with Crippen LogP contribution in [0.4, 0.5) is 0 Å². The Morgan fingerprint density at radius 2 is 2.31 bits per heavy atom. The molecule has 0 radical (unpaired) electrons. The van der Waals surface area contributed by atoms with Gasteiger partial charge in [-0.1, -0.05) is 0 Å². The first-order chi connectivity index (χ1) is 6.24. The van der Waals surface area contributed by atoms with E-state index >= 15 is 0 Å². The summed E-state index contributed by atoms with van der Waals surface area (Å²) >= 11 is 4.96. The lowest BCUT2D eigenvalue weighted by Crippen LogP contribution is -2.21. The number of rotatable bonds is 2. The van der Waals surface area contributed by atoms with Crippen molar-refractivity contribution in [2.75, 3.05) is 13.4 Å². The predicted octanol–water partition coefficient (Wildman–Crippen LogP) is 1.29. The van der Waals surface area contributed by atoms with Crippen molar-refractivity contribution in [3.05, 3.63) is 16.1 Å². The first-order valence-corrected chi connectivity index (χ1v) is 5.21. The quantitative estimate of drug-likeness (QED) is 0.583. The number of amides is 1. The Morgan fingerprint density at radius 1 is 1.69 bits per heavy atom. The van der Waals surface area contributed by atoms with Crippen LogP contribution in [0.25, 0.3) is 0 Å². The minimum absolute atomic E-state index is 0.308. The molecular weight excluding hydrogens is 208 g/mol. The molecule has 0 spiro atoms. The van der Waals surface area contributed by atoms with Gasteiger partial charge in [0.25, 0.3) is 5.91 Å². The van der Waals surface area contributed by atoms with Gasteiger partial charge in [-0.15, -0.1) is 11.3 Å². The number of hydrogen-bond acceptors (Lipinski definition) is 5. The zero-order valence-electron chi connectivity index (χ0n) is 7.70. The van der Waals surface area contributed by atoms with Gasteiger partial charge in [0.1, 0.15) is 5.69 Å². The number of carbonyl (C=O) groups is 1. The number of hydrogen-bond donors (Lipinski definition) is 2. The molecule has 1 amide bonds. The van der Waals surface area contributed by atoms with Crippen molar-refractivity contribution in [1.82, 2.24) is 10.5 Å². The Hall–Kier alpha value is -0.590. The van der Waals surface area contributed by atoms with Crippen LogP contribution in [0.15, 0.2) is 5.38 Å². The predicted molar refractivity (Wildman–Crippen MR) is 56.2 cm³/mol. The van der Waals surface area contributed by atoms with Crippen molar-refractivity contribution in [2.24, 2.45) is 0 Å². The highest BCUT2D eigenvalue weighted by atomic mass is 32.1. The maximum atomic E-state index is 11.0. The summed E-state index contributed by atoms with van der Waals surface area (Å²) in [7, 11) is 1.39. The number of thiazole rings is 1. The van der Waals surface area contributed by atoms with E-state index in [0.717, 1.165) is 5.01 Å². The fourth-order valence-corrected chi connectivity index (χ4v) is 1.21. The second-order valence-electron chi connectivity index (χ2n) is 1.89. The molecule has 1 rings (SSSR count). The molecule has 4 nitrogen and oxygen atoms in total. The lowest BCUT2D eigenvalue weighted by Gasteiger charge is -1.95. The van der Waals surface area contributed by atoms with E-state index in [-0.39, 0.29) is 5.91 Å². The molecule has 0 bridgehead atoms. The molecule has 1 heterocycles. The van der Waals surface area contributed by atoms with Crippen LogP contribution in [-0.4, -0.2) is 24.3 Å². The van der Waals surface area contributed by atoms with E-state index in [0.29, 0.717) is 5.69 Å². The summed E-state index contributed by atoms with van der Waals surface area (Å²) in [5.74, 6) is -0.308. The fraction of sp³-hybridized carbons (Fsp3) is 0.429. The number of thiol groups is 1. The minimum atomic E-state index is -0.308. The lowest BCUT2D eigenvalue weighted by atomic mass is 10.5. The number of carbonyl (C=O) groups excluding carboxylic acids is 1. The number of nitrogens with one attached hydrogen (secondary N) is 1. The summed E-state index contributed by atoms with van der Waals surface area (Å²) in [6, 6.07) is 0. The lowest BCUT2D eigenvalue weighted by molar-refractivity contribution is 0.0533. The summed E-state index contributed by atoms with van der Waals surface area (Å²) in [6.45, 7) is 1.84. The van der Waals surface area contributed by atoms with Gasteiger partial charge in [0.15, 0.2) is 0 Å². The maximum absolute atomic E-state index is 11.0. The summed E-state index contributed by atoms with van der Waals surface area (Å²) < 4.78 is 0. The number of aryl methyl sites for hydroxylation is 1. The highest BCUT2D eigenvalue weighted by Crippen LogP contribution is 2.06. The van der Waals surface area contributed by atoms with Crippen LogP contribution in [0.1, 0.15) is 15.5 Å². The molecule has 0 atom stereocenters. The van der Waals surface area contributed by atoms with Gasteiger partial charge in [0.05, 0.1) is 12.1 Å². The molecular formula is C7H12N2O2S2. The molecule has 1 aromatic heterocycles. The van der Waals surface area contributed by atoms with Crippen molar-refractivity contribution in [3.63, 3.8) is 0 Å². The van der Waals surface area contributed by atoms with E-state index in [2.05, 4.69) is 27.9 Å². The average Bonchev–Trinajstić information content (AvgIpc) is 2.56. The van der Waals surface area contributed by atoms with Crippen molar-refractivity contribution >= 4 is 29.9 Å². The summed E-state index contributed by atoms with van der Waals surface area (Å²) in [6.07, 6.45) is 1.69. The molecule has 0 fully saturated rings. The van der Waals surface area contributed by atoms with Crippen LogP contribution >= 0.6 is 24.0 Å².